The van der Waals surface area contributed by atoms with Crippen LogP contribution in [-0.2, 0) is 0 Å². The monoisotopic (exact) mass is 333 g/mol. The SMILES string of the molecule is O=C(Nc1cn[nH]c1-c1cnccn1)c1cc(-c2cccnc2)no1. The van der Waals surface area contributed by atoms with Crippen LogP contribution in [0, 0.1) is 0 Å². The minimum Gasteiger partial charge on any atom is -0.350 e. The van der Waals surface area contributed by atoms with Gasteiger partial charge in [-0.25, -0.2) is 0 Å². The van der Waals surface area contributed by atoms with Gasteiger partial charge >= 0.3 is 0 Å². The molecule has 1 amide bonds. The van der Waals surface area contributed by atoms with Gasteiger partial charge in [0.2, 0.25) is 5.76 Å². The van der Waals surface area contributed by atoms with Gasteiger partial charge in [0.1, 0.15) is 17.1 Å². The van der Waals surface area contributed by atoms with Crippen LogP contribution in [0.15, 0.2) is 59.9 Å². The molecule has 0 saturated heterocycles. The molecule has 122 valence electrons. The predicted molar refractivity (Wildman–Crippen MR) is 87.3 cm³/mol. The molecule has 0 bridgehead atoms. The van der Waals surface area contributed by atoms with Crippen molar-refractivity contribution in [1.29, 1.82) is 0 Å². The van der Waals surface area contributed by atoms with Gasteiger partial charge in [-0.1, -0.05) is 5.16 Å². The lowest BCUT2D eigenvalue weighted by molar-refractivity contribution is 0.0988. The minimum absolute atomic E-state index is 0.0742. The van der Waals surface area contributed by atoms with E-state index in [4.69, 9.17) is 4.52 Å². The molecule has 0 aliphatic carbocycles. The largest absolute Gasteiger partial charge is 0.350 e. The van der Waals surface area contributed by atoms with E-state index in [0.717, 1.165) is 5.56 Å². The fourth-order valence-corrected chi connectivity index (χ4v) is 2.22. The van der Waals surface area contributed by atoms with E-state index in [1.54, 1.807) is 43.1 Å². The molecular weight excluding hydrogens is 322 g/mol. The molecule has 0 radical (unpaired) electrons. The van der Waals surface area contributed by atoms with Crippen LogP contribution < -0.4 is 5.32 Å². The van der Waals surface area contributed by atoms with Gasteiger partial charge in [0.05, 0.1) is 18.1 Å². The molecule has 0 atom stereocenters. The molecular formula is C16H11N7O2. The van der Waals surface area contributed by atoms with Crippen LogP contribution in [0.5, 0.6) is 0 Å². The molecule has 0 aromatic carbocycles. The Morgan fingerprint density at radius 1 is 1.08 bits per heavy atom. The fraction of sp³-hybridized carbons (Fsp3) is 0. The average molecular weight is 333 g/mol. The maximum Gasteiger partial charge on any atom is 0.294 e. The van der Waals surface area contributed by atoms with Gasteiger partial charge in [-0.2, -0.15) is 5.10 Å². The number of nitrogens with zero attached hydrogens (tertiary/aromatic N) is 5. The van der Waals surface area contributed by atoms with Crippen LogP contribution in [0.3, 0.4) is 0 Å². The summed E-state index contributed by atoms with van der Waals surface area (Å²) in [6.45, 7) is 0. The molecule has 9 heteroatoms. The number of hydrogen-bond donors (Lipinski definition) is 2. The van der Waals surface area contributed by atoms with Gasteiger partial charge in [0.25, 0.3) is 5.91 Å². The van der Waals surface area contributed by atoms with Crippen molar-refractivity contribution in [3.63, 3.8) is 0 Å². The van der Waals surface area contributed by atoms with E-state index in [9.17, 15) is 4.79 Å². The van der Waals surface area contributed by atoms with E-state index in [1.807, 2.05) is 6.07 Å². The molecule has 0 spiro atoms. The highest BCUT2D eigenvalue weighted by atomic mass is 16.5. The minimum atomic E-state index is -0.450. The third-order valence-electron chi connectivity index (χ3n) is 3.40. The Bertz CT molecular complexity index is 996. The molecule has 0 aliphatic heterocycles. The molecule has 0 saturated carbocycles. The van der Waals surface area contributed by atoms with Crippen molar-refractivity contribution >= 4 is 11.6 Å². The third kappa shape index (κ3) is 2.98. The molecule has 4 rings (SSSR count). The first-order chi connectivity index (χ1) is 12.3. The first-order valence-corrected chi connectivity index (χ1v) is 7.29. The second kappa shape index (κ2) is 6.32. The predicted octanol–water partition coefficient (Wildman–Crippen LogP) is 2.17. The lowest BCUT2D eigenvalue weighted by atomic mass is 10.2. The van der Waals surface area contributed by atoms with Gasteiger partial charge in [-0.05, 0) is 12.1 Å². The van der Waals surface area contributed by atoms with Gasteiger partial charge in [0.15, 0.2) is 0 Å². The highest BCUT2D eigenvalue weighted by Gasteiger charge is 2.17. The standard InChI is InChI=1S/C16H11N7O2/c24-16(14-6-11(23-25-14)10-2-1-3-17-7-10)21-13-9-20-22-15(13)12-8-18-4-5-19-12/h1-9H,(H,20,22)(H,21,24). The molecule has 4 heterocycles. The highest BCUT2D eigenvalue weighted by molar-refractivity contribution is 6.04. The summed E-state index contributed by atoms with van der Waals surface area (Å²) in [7, 11) is 0. The smallest absolute Gasteiger partial charge is 0.294 e. The van der Waals surface area contributed by atoms with Crippen molar-refractivity contribution in [2.75, 3.05) is 5.32 Å². The molecule has 0 fully saturated rings. The van der Waals surface area contributed by atoms with E-state index >= 15 is 0 Å². The summed E-state index contributed by atoms with van der Waals surface area (Å²) in [6.07, 6.45) is 9.47. The molecule has 9 nitrogen and oxygen atoms in total. The van der Waals surface area contributed by atoms with Crippen molar-refractivity contribution in [2.24, 2.45) is 0 Å². The van der Waals surface area contributed by atoms with Gasteiger partial charge in [0, 0.05) is 36.4 Å². The number of anilines is 1. The number of amides is 1. The number of aromatic nitrogens is 6. The van der Waals surface area contributed by atoms with Gasteiger partial charge < -0.3 is 9.84 Å². The number of rotatable bonds is 4. The number of nitrogens with one attached hydrogen (secondary N) is 2. The van der Waals surface area contributed by atoms with Crippen LogP contribution >= 0.6 is 0 Å². The molecule has 2 N–H and O–H groups in total. The van der Waals surface area contributed by atoms with E-state index < -0.39 is 5.91 Å². The van der Waals surface area contributed by atoms with Crippen LogP contribution in [0.1, 0.15) is 10.6 Å². The maximum atomic E-state index is 12.4. The lowest BCUT2D eigenvalue weighted by Gasteiger charge is -2.02. The van der Waals surface area contributed by atoms with Crippen molar-refractivity contribution in [1.82, 2.24) is 30.3 Å². The Morgan fingerprint density at radius 2 is 2.00 bits per heavy atom. The zero-order valence-corrected chi connectivity index (χ0v) is 12.7. The Balaban J connectivity index is 1.56. The summed E-state index contributed by atoms with van der Waals surface area (Å²) in [5.74, 6) is -0.376. The number of pyridine rings is 1. The van der Waals surface area contributed by atoms with Gasteiger partial charge in [-0.15, -0.1) is 0 Å². The summed E-state index contributed by atoms with van der Waals surface area (Å²) in [5.41, 5.74) is 2.86. The molecule has 4 aromatic heterocycles. The number of aromatic amines is 1. The third-order valence-corrected chi connectivity index (χ3v) is 3.40. The van der Waals surface area contributed by atoms with E-state index in [-0.39, 0.29) is 5.76 Å². The summed E-state index contributed by atoms with van der Waals surface area (Å²) < 4.78 is 5.13. The topological polar surface area (TPSA) is 122 Å². The Hall–Kier alpha value is -3.88. The zero-order valence-electron chi connectivity index (χ0n) is 12.7. The number of hydrogen-bond acceptors (Lipinski definition) is 7. The lowest BCUT2D eigenvalue weighted by Crippen LogP contribution is -2.11. The summed E-state index contributed by atoms with van der Waals surface area (Å²) in [5, 5.41) is 13.3. The first-order valence-electron chi connectivity index (χ1n) is 7.29. The normalized spacial score (nSPS) is 10.6. The molecule has 25 heavy (non-hydrogen) atoms. The van der Waals surface area contributed by atoms with E-state index in [2.05, 4.69) is 35.6 Å². The van der Waals surface area contributed by atoms with Crippen LogP contribution in [0.4, 0.5) is 5.69 Å². The number of carbonyl (C=O) groups is 1. The Labute approximate surface area is 141 Å². The molecule has 0 aliphatic rings. The number of carbonyl (C=O) groups excluding carboxylic acids is 1. The second-order valence-corrected chi connectivity index (χ2v) is 5.02. The second-order valence-electron chi connectivity index (χ2n) is 5.02. The summed E-state index contributed by atoms with van der Waals surface area (Å²) in [6, 6.07) is 5.16. The first kappa shape index (κ1) is 14.7. The molecule has 4 aromatic rings. The van der Waals surface area contributed by atoms with Crippen molar-refractivity contribution in [3.8, 4) is 22.6 Å². The zero-order chi connectivity index (χ0) is 17.1. The average Bonchev–Trinajstić information content (AvgIpc) is 3.33. The van der Waals surface area contributed by atoms with Crippen molar-refractivity contribution in [2.45, 2.75) is 0 Å². The number of H-pyrrole nitrogens is 1. The maximum absolute atomic E-state index is 12.4. The van der Waals surface area contributed by atoms with Crippen molar-refractivity contribution < 1.29 is 9.32 Å². The summed E-state index contributed by atoms with van der Waals surface area (Å²) in [4.78, 5) is 24.6. The van der Waals surface area contributed by atoms with Gasteiger partial charge in [-0.3, -0.25) is 24.8 Å². The highest BCUT2D eigenvalue weighted by Crippen LogP contribution is 2.24. The summed E-state index contributed by atoms with van der Waals surface area (Å²) >= 11 is 0. The Kier molecular flexibility index (Phi) is 3.71. The van der Waals surface area contributed by atoms with Crippen LogP contribution in [0.25, 0.3) is 22.6 Å². The fourth-order valence-electron chi connectivity index (χ4n) is 2.22. The van der Waals surface area contributed by atoms with E-state index in [1.165, 1.54) is 6.20 Å². The van der Waals surface area contributed by atoms with Crippen LogP contribution in [-0.4, -0.2) is 36.2 Å². The quantitative estimate of drug-likeness (QED) is 0.586. The van der Waals surface area contributed by atoms with E-state index in [0.29, 0.717) is 22.8 Å². The van der Waals surface area contributed by atoms with Crippen LogP contribution in [0.2, 0.25) is 0 Å². The molecule has 0 unspecified atom stereocenters. The van der Waals surface area contributed by atoms with Crippen molar-refractivity contribution in [3.05, 3.63) is 61.1 Å². The Morgan fingerprint density at radius 3 is 2.80 bits per heavy atom.